The van der Waals surface area contributed by atoms with Crippen LogP contribution >= 0.6 is 0 Å². The van der Waals surface area contributed by atoms with Gasteiger partial charge in [-0.1, -0.05) is 12.1 Å². The molecule has 0 aliphatic carbocycles. The van der Waals surface area contributed by atoms with Crippen LogP contribution in [-0.4, -0.2) is 45.6 Å². The van der Waals surface area contributed by atoms with Crippen molar-refractivity contribution in [3.05, 3.63) is 63.2 Å². The second kappa shape index (κ2) is 7.14. The summed E-state index contributed by atoms with van der Waals surface area (Å²) in [5, 5.41) is 3.19. The van der Waals surface area contributed by atoms with Crippen LogP contribution in [0.1, 0.15) is 34.9 Å². The van der Waals surface area contributed by atoms with E-state index in [1.807, 2.05) is 42.2 Å². The molecule has 0 radical (unpaired) electrons. The molecule has 28 heavy (non-hydrogen) atoms. The van der Waals surface area contributed by atoms with Gasteiger partial charge in [-0.15, -0.1) is 0 Å². The number of nitrogens with one attached hydrogen (secondary N) is 1. The van der Waals surface area contributed by atoms with Crippen LogP contribution in [0.15, 0.2) is 35.1 Å². The van der Waals surface area contributed by atoms with Gasteiger partial charge in [0, 0.05) is 42.0 Å². The number of aromatic amines is 1. The van der Waals surface area contributed by atoms with E-state index in [2.05, 4.69) is 10.1 Å². The highest BCUT2D eigenvalue weighted by Crippen LogP contribution is 2.27. The number of carbonyl (C=O) groups excluding carboxylic acids is 1. The van der Waals surface area contributed by atoms with Gasteiger partial charge >= 0.3 is 0 Å². The van der Waals surface area contributed by atoms with Crippen LogP contribution in [0, 0.1) is 13.8 Å². The number of likely N-dealkylation sites (tertiary alicyclic amines) is 1. The SMILES string of the molecule is COc1ccc(CC(=O)N2CCC(c3cc4nc(C)c(C)c(=O)n4[nH]3)C2)cc1. The Bertz CT molecular complexity index is 1080. The number of rotatable bonds is 4. The Labute approximate surface area is 162 Å². The molecule has 3 heterocycles. The van der Waals surface area contributed by atoms with Crippen LogP contribution in [0.3, 0.4) is 0 Å². The van der Waals surface area contributed by atoms with Gasteiger partial charge in [0.15, 0.2) is 5.65 Å². The molecule has 1 N–H and O–H groups in total. The molecule has 1 aliphatic rings. The summed E-state index contributed by atoms with van der Waals surface area (Å²) >= 11 is 0. The van der Waals surface area contributed by atoms with E-state index in [-0.39, 0.29) is 17.4 Å². The molecule has 1 fully saturated rings. The van der Waals surface area contributed by atoms with Crippen molar-refractivity contribution in [3.63, 3.8) is 0 Å². The number of aromatic nitrogens is 3. The second-order valence-electron chi connectivity index (χ2n) is 7.38. The van der Waals surface area contributed by atoms with E-state index >= 15 is 0 Å². The molecule has 4 rings (SSSR count). The predicted octanol–water partition coefficient (Wildman–Crippen LogP) is 2.21. The Hall–Kier alpha value is -3.09. The second-order valence-corrected chi connectivity index (χ2v) is 7.38. The third kappa shape index (κ3) is 3.28. The van der Waals surface area contributed by atoms with Crippen LogP contribution < -0.4 is 10.3 Å². The predicted molar refractivity (Wildman–Crippen MR) is 106 cm³/mol. The van der Waals surface area contributed by atoms with Crippen molar-refractivity contribution in [3.8, 4) is 5.75 Å². The number of benzene rings is 1. The number of H-pyrrole nitrogens is 1. The number of carbonyl (C=O) groups is 1. The zero-order valence-corrected chi connectivity index (χ0v) is 16.4. The van der Waals surface area contributed by atoms with Gasteiger partial charge in [-0.25, -0.2) is 9.50 Å². The van der Waals surface area contributed by atoms with Gasteiger partial charge in [-0.3, -0.25) is 14.7 Å². The molecule has 7 heteroatoms. The van der Waals surface area contributed by atoms with E-state index in [1.54, 1.807) is 14.0 Å². The number of amides is 1. The lowest BCUT2D eigenvalue weighted by Gasteiger charge is -2.16. The van der Waals surface area contributed by atoms with Crippen LogP contribution in [0.5, 0.6) is 5.75 Å². The molecule has 146 valence electrons. The fourth-order valence-electron chi connectivity index (χ4n) is 3.72. The minimum atomic E-state index is -0.0702. The third-order valence-corrected chi connectivity index (χ3v) is 5.60. The highest BCUT2D eigenvalue weighted by molar-refractivity contribution is 5.79. The van der Waals surface area contributed by atoms with Crippen LogP contribution in [0.4, 0.5) is 0 Å². The number of hydrogen-bond donors (Lipinski definition) is 1. The van der Waals surface area contributed by atoms with Crippen molar-refractivity contribution in [2.24, 2.45) is 0 Å². The molecule has 0 saturated carbocycles. The van der Waals surface area contributed by atoms with Gasteiger partial charge in [0.1, 0.15) is 5.75 Å². The molecule has 0 bridgehead atoms. The van der Waals surface area contributed by atoms with Gasteiger partial charge in [0.25, 0.3) is 5.56 Å². The summed E-state index contributed by atoms with van der Waals surface area (Å²) in [4.78, 5) is 31.5. The first-order chi connectivity index (χ1) is 13.5. The zero-order chi connectivity index (χ0) is 19.8. The maximum absolute atomic E-state index is 12.7. The Balaban J connectivity index is 1.47. The molecule has 3 aromatic rings. The summed E-state index contributed by atoms with van der Waals surface area (Å²) in [6.07, 6.45) is 1.25. The van der Waals surface area contributed by atoms with E-state index in [9.17, 15) is 9.59 Å². The van der Waals surface area contributed by atoms with E-state index in [1.165, 1.54) is 4.52 Å². The molecule has 1 atom stereocenters. The topological polar surface area (TPSA) is 79.7 Å². The zero-order valence-electron chi connectivity index (χ0n) is 16.4. The van der Waals surface area contributed by atoms with E-state index in [0.29, 0.717) is 24.2 Å². The van der Waals surface area contributed by atoms with Crippen molar-refractivity contribution in [1.82, 2.24) is 19.5 Å². The first-order valence-electron chi connectivity index (χ1n) is 9.46. The summed E-state index contributed by atoms with van der Waals surface area (Å²) in [5.74, 6) is 1.08. The fraction of sp³-hybridized carbons (Fsp3) is 0.381. The largest absolute Gasteiger partial charge is 0.497 e. The maximum Gasteiger partial charge on any atom is 0.275 e. The van der Waals surface area contributed by atoms with Crippen molar-refractivity contribution in [2.45, 2.75) is 32.6 Å². The molecular weight excluding hydrogens is 356 g/mol. The van der Waals surface area contributed by atoms with Gasteiger partial charge in [-0.2, -0.15) is 0 Å². The summed E-state index contributed by atoms with van der Waals surface area (Å²) in [6, 6.07) is 9.51. The number of ether oxygens (including phenoxy) is 1. The highest BCUT2D eigenvalue weighted by atomic mass is 16.5. The van der Waals surface area contributed by atoms with Gasteiger partial charge < -0.3 is 9.64 Å². The molecular formula is C21H24N4O3. The van der Waals surface area contributed by atoms with Crippen LogP contribution in [0.2, 0.25) is 0 Å². The molecule has 1 aliphatic heterocycles. The Morgan fingerprint density at radius 2 is 2.04 bits per heavy atom. The number of aryl methyl sites for hydroxylation is 1. The molecule has 1 aromatic carbocycles. The summed E-state index contributed by atoms with van der Waals surface area (Å²) in [7, 11) is 1.63. The normalized spacial score (nSPS) is 16.7. The van der Waals surface area contributed by atoms with Crippen LogP contribution in [0.25, 0.3) is 5.65 Å². The summed E-state index contributed by atoms with van der Waals surface area (Å²) in [5.41, 5.74) is 3.88. The molecule has 1 saturated heterocycles. The van der Waals surface area contributed by atoms with E-state index in [0.717, 1.165) is 35.7 Å². The molecule has 7 nitrogen and oxygen atoms in total. The Kier molecular flexibility index (Phi) is 4.66. The molecule has 0 spiro atoms. The molecule has 1 unspecified atom stereocenters. The van der Waals surface area contributed by atoms with Gasteiger partial charge in [0.2, 0.25) is 5.91 Å². The monoisotopic (exact) mass is 380 g/mol. The lowest BCUT2D eigenvalue weighted by atomic mass is 10.1. The average molecular weight is 380 g/mol. The minimum Gasteiger partial charge on any atom is -0.497 e. The fourth-order valence-corrected chi connectivity index (χ4v) is 3.72. The highest BCUT2D eigenvalue weighted by Gasteiger charge is 2.28. The van der Waals surface area contributed by atoms with Gasteiger partial charge in [-0.05, 0) is 38.0 Å². The third-order valence-electron chi connectivity index (χ3n) is 5.60. The smallest absolute Gasteiger partial charge is 0.275 e. The molecule has 1 amide bonds. The number of nitrogens with zero attached hydrogens (tertiary/aromatic N) is 3. The van der Waals surface area contributed by atoms with Crippen molar-refractivity contribution < 1.29 is 9.53 Å². The Morgan fingerprint density at radius 1 is 1.29 bits per heavy atom. The first kappa shape index (κ1) is 18.3. The molecule has 2 aromatic heterocycles. The maximum atomic E-state index is 12.7. The first-order valence-corrected chi connectivity index (χ1v) is 9.46. The van der Waals surface area contributed by atoms with E-state index in [4.69, 9.17) is 4.74 Å². The Morgan fingerprint density at radius 3 is 2.75 bits per heavy atom. The lowest BCUT2D eigenvalue weighted by molar-refractivity contribution is -0.129. The lowest BCUT2D eigenvalue weighted by Crippen LogP contribution is -2.29. The average Bonchev–Trinajstić information content (AvgIpc) is 3.34. The minimum absolute atomic E-state index is 0.0702. The summed E-state index contributed by atoms with van der Waals surface area (Å²) in [6.45, 7) is 5.00. The van der Waals surface area contributed by atoms with Crippen molar-refractivity contribution >= 4 is 11.6 Å². The number of methoxy groups -OCH3 is 1. The standard InChI is InChI=1S/C21H24N4O3/c1-13-14(2)22-19-11-18(23-25(19)21(13)27)16-8-9-24(12-16)20(26)10-15-4-6-17(28-3)7-5-15/h4-7,11,16,23H,8-10,12H2,1-3H3. The van der Waals surface area contributed by atoms with Crippen molar-refractivity contribution in [1.29, 1.82) is 0 Å². The number of fused-ring (bicyclic) bond motifs is 1. The number of hydrogen-bond acceptors (Lipinski definition) is 4. The van der Waals surface area contributed by atoms with Crippen LogP contribution in [-0.2, 0) is 11.2 Å². The van der Waals surface area contributed by atoms with E-state index < -0.39 is 0 Å². The van der Waals surface area contributed by atoms with Gasteiger partial charge in [0.05, 0.1) is 13.5 Å². The quantitative estimate of drug-likeness (QED) is 0.753. The van der Waals surface area contributed by atoms with Crippen molar-refractivity contribution in [2.75, 3.05) is 20.2 Å². The summed E-state index contributed by atoms with van der Waals surface area (Å²) < 4.78 is 6.66.